The van der Waals surface area contributed by atoms with Crippen LogP contribution in [0.1, 0.15) is 43.1 Å². The van der Waals surface area contributed by atoms with Gasteiger partial charge in [-0.25, -0.2) is 13.4 Å². The number of carbonyl (C=O) groups excluding carboxylic acids is 1. The van der Waals surface area contributed by atoms with Crippen molar-refractivity contribution in [1.82, 2.24) is 20.1 Å². The third-order valence-corrected chi connectivity index (χ3v) is 8.56. The van der Waals surface area contributed by atoms with Gasteiger partial charge >= 0.3 is 6.18 Å². The predicted molar refractivity (Wildman–Crippen MR) is 141 cm³/mol. The van der Waals surface area contributed by atoms with Crippen molar-refractivity contribution < 1.29 is 35.9 Å². The fourth-order valence-electron chi connectivity index (χ4n) is 4.48. The molecule has 3 rings (SSSR count). The number of anilines is 1. The zero-order chi connectivity index (χ0) is 28.8. The molecule has 2 heterocycles. The maximum atomic E-state index is 13.0. The Balaban J connectivity index is 1.67. The molecular weight excluding hydrogens is 563 g/mol. The van der Waals surface area contributed by atoms with Crippen molar-refractivity contribution in [2.75, 3.05) is 45.0 Å². The molecule has 39 heavy (non-hydrogen) atoms. The number of alkyl halides is 3. The minimum atomic E-state index is -4.39. The van der Waals surface area contributed by atoms with E-state index in [2.05, 4.69) is 25.5 Å². The molecule has 1 aliphatic rings. The normalized spacial score (nSPS) is 18.1. The third-order valence-electron chi connectivity index (χ3n) is 6.52. The Morgan fingerprint density at radius 2 is 1.95 bits per heavy atom. The van der Waals surface area contributed by atoms with Crippen LogP contribution in [0.4, 0.5) is 19.0 Å². The molecule has 0 bridgehead atoms. The molecule has 0 aromatic carbocycles. The van der Waals surface area contributed by atoms with Crippen molar-refractivity contribution >= 4 is 33.2 Å². The van der Waals surface area contributed by atoms with Gasteiger partial charge in [0.25, 0.3) is 5.91 Å². The van der Waals surface area contributed by atoms with Crippen molar-refractivity contribution in [1.29, 1.82) is 0 Å². The van der Waals surface area contributed by atoms with E-state index in [9.17, 15) is 26.4 Å². The van der Waals surface area contributed by atoms with Gasteiger partial charge in [0.2, 0.25) is 0 Å². The number of aromatic nitrogens is 3. The van der Waals surface area contributed by atoms with E-state index in [1.807, 2.05) is 6.92 Å². The number of sulfone groups is 1. The number of amides is 1. The quantitative estimate of drug-likeness (QED) is 0.354. The number of nitrogens with one attached hydrogen (secondary N) is 2. The molecule has 2 N–H and O–H groups in total. The summed E-state index contributed by atoms with van der Waals surface area (Å²) >= 11 is 6.63. The van der Waals surface area contributed by atoms with E-state index in [1.165, 1.54) is 19.6 Å². The Morgan fingerprint density at radius 1 is 1.26 bits per heavy atom. The van der Waals surface area contributed by atoms with Gasteiger partial charge in [0.1, 0.15) is 28.0 Å². The first-order valence-corrected chi connectivity index (χ1v) is 14.8. The molecule has 2 aromatic rings. The molecule has 0 saturated heterocycles. The number of methoxy groups -OCH3 is 1. The lowest BCUT2D eigenvalue weighted by atomic mass is 9.89. The van der Waals surface area contributed by atoms with Crippen LogP contribution in [0.2, 0.25) is 5.02 Å². The van der Waals surface area contributed by atoms with E-state index < -0.39 is 28.5 Å². The van der Waals surface area contributed by atoms with E-state index in [4.69, 9.17) is 16.3 Å². The van der Waals surface area contributed by atoms with Crippen molar-refractivity contribution in [2.24, 2.45) is 5.92 Å². The molecular formula is C24H33ClF3N5O5S. The number of halogens is 4. The number of aryl methyl sites for hydroxylation is 1. The molecule has 1 amide bonds. The number of pyridine rings is 1. The average Bonchev–Trinajstić information content (AvgIpc) is 3.22. The number of hydrogen-bond acceptors (Lipinski definition) is 8. The molecule has 0 atom stereocenters. The molecule has 218 valence electrons. The highest BCUT2D eigenvalue weighted by Crippen LogP contribution is 2.37. The Morgan fingerprint density at radius 3 is 2.54 bits per heavy atom. The van der Waals surface area contributed by atoms with Gasteiger partial charge in [0.05, 0.1) is 35.2 Å². The van der Waals surface area contributed by atoms with Gasteiger partial charge in [-0.05, 0) is 38.5 Å². The van der Waals surface area contributed by atoms with Crippen molar-refractivity contribution in [3.63, 3.8) is 0 Å². The second kappa shape index (κ2) is 13.2. The second-order valence-electron chi connectivity index (χ2n) is 9.37. The minimum absolute atomic E-state index is 0.0457. The molecule has 1 saturated carbocycles. The van der Waals surface area contributed by atoms with Crippen LogP contribution in [0.15, 0.2) is 12.3 Å². The molecule has 1 aliphatic carbocycles. The fourth-order valence-corrected chi connectivity index (χ4v) is 5.93. The molecule has 15 heteroatoms. The maximum absolute atomic E-state index is 13.0. The Hall–Kier alpha value is -2.58. The Labute approximate surface area is 230 Å². The van der Waals surface area contributed by atoms with E-state index in [1.54, 1.807) is 10.7 Å². The highest BCUT2D eigenvalue weighted by Gasteiger charge is 2.30. The smallest absolute Gasteiger partial charge is 0.411 e. The van der Waals surface area contributed by atoms with Crippen LogP contribution in [0, 0.1) is 5.92 Å². The van der Waals surface area contributed by atoms with Crippen molar-refractivity contribution in [2.45, 2.75) is 50.6 Å². The van der Waals surface area contributed by atoms with Gasteiger partial charge in [-0.1, -0.05) is 11.6 Å². The van der Waals surface area contributed by atoms with Gasteiger partial charge in [0.15, 0.2) is 5.69 Å². The molecule has 0 aliphatic heterocycles. The zero-order valence-corrected chi connectivity index (χ0v) is 23.5. The van der Waals surface area contributed by atoms with Gasteiger partial charge in [-0.3, -0.25) is 9.48 Å². The third kappa shape index (κ3) is 8.45. The number of hydrogen-bond donors (Lipinski definition) is 2. The zero-order valence-electron chi connectivity index (χ0n) is 22.0. The first-order valence-electron chi connectivity index (χ1n) is 12.5. The Kier molecular flexibility index (Phi) is 10.5. The second-order valence-corrected chi connectivity index (χ2v) is 12.1. The summed E-state index contributed by atoms with van der Waals surface area (Å²) in [7, 11) is -1.61. The minimum Gasteiger partial charge on any atom is -0.496 e. The summed E-state index contributed by atoms with van der Waals surface area (Å²) in [5, 5.41) is 9.93. The summed E-state index contributed by atoms with van der Waals surface area (Å²) < 4.78 is 71.8. The fraction of sp³-hybridized carbons (Fsp3) is 0.625. The Bertz CT molecular complexity index is 1250. The number of ether oxygens (including phenoxy) is 2. The van der Waals surface area contributed by atoms with Crippen LogP contribution >= 0.6 is 11.6 Å². The van der Waals surface area contributed by atoms with Gasteiger partial charge in [-0.15, -0.1) is 0 Å². The van der Waals surface area contributed by atoms with Crippen molar-refractivity contribution in [3.8, 4) is 17.0 Å². The summed E-state index contributed by atoms with van der Waals surface area (Å²) in [5.41, 5.74) is 0.959. The largest absolute Gasteiger partial charge is 0.496 e. The lowest BCUT2D eigenvalue weighted by Gasteiger charge is -2.27. The molecule has 0 unspecified atom stereocenters. The van der Waals surface area contributed by atoms with E-state index in [0.717, 1.165) is 0 Å². The van der Waals surface area contributed by atoms with E-state index >= 15 is 0 Å². The predicted octanol–water partition coefficient (Wildman–Crippen LogP) is 3.95. The van der Waals surface area contributed by atoms with Crippen LogP contribution in [0.5, 0.6) is 5.75 Å². The lowest BCUT2D eigenvalue weighted by molar-refractivity contribution is -0.172. The summed E-state index contributed by atoms with van der Waals surface area (Å²) in [6, 6.07) is 1.56. The summed E-state index contributed by atoms with van der Waals surface area (Å²) in [6.45, 7) is 1.22. The number of nitrogens with zero attached hydrogens (tertiary/aromatic N) is 3. The SMILES string of the molecule is CCn1nc(C(=O)NC[C@H]2CC[C@H](S(C)(=O)=O)CC2)c(Cl)c1-c1cnc(NCCOCC(F)(F)F)cc1OC. The molecule has 10 nitrogen and oxygen atoms in total. The van der Waals surface area contributed by atoms with E-state index in [-0.39, 0.29) is 35.0 Å². The van der Waals surface area contributed by atoms with Crippen LogP contribution in [0.25, 0.3) is 11.3 Å². The van der Waals surface area contributed by atoms with E-state index in [0.29, 0.717) is 61.6 Å². The summed E-state index contributed by atoms with van der Waals surface area (Å²) in [4.78, 5) is 17.3. The average molecular weight is 596 g/mol. The summed E-state index contributed by atoms with van der Waals surface area (Å²) in [5.74, 6) is 0.452. The van der Waals surface area contributed by atoms with Crippen LogP contribution < -0.4 is 15.4 Å². The monoisotopic (exact) mass is 595 g/mol. The van der Waals surface area contributed by atoms with Crippen LogP contribution in [-0.2, 0) is 21.1 Å². The molecule has 1 fully saturated rings. The van der Waals surface area contributed by atoms with Gasteiger partial charge in [0, 0.05) is 38.2 Å². The lowest BCUT2D eigenvalue weighted by Crippen LogP contribution is -2.34. The standard InChI is InChI=1S/C24H33ClF3N5O5S/c1-4-33-22(17-13-30-19(11-18(17)37-2)29-9-10-38-14-24(26,27)28)20(25)21(32-33)23(34)31-12-15-5-7-16(8-6-15)39(3,35)36/h11,13,15-16H,4-10,12,14H2,1-3H3,(H,29,30)(H,31,34)/t15-,16-. The first kappa shape index (κ1) is 31.0. The summed E-state index contributed by atoms with van der Waals surface area (Å²) in [6.07, 6.45) is 0.917. The topological polar surface area (TPSA) is 124 Å². The molecule has 0 spiro atoms. The molecule has 2 aromatic heterocycles. The van der Waals surface area contributed by atoms with Crippen LogP contribution in [-0.4, -0.2) is 80.2 Å². The first-order chi connectivity index (χ1) is 18.3. The number of rotatable bonds is 12. The maximum Gasteiger partial charge on any atom is 0.411 e. The molecule has 0 radical (unpaired) electrons. The highest BCUT2D eigenvalue weighted by atomic mass is 35.5. The number of carbonyl (C=O) groups is 1. The van der Waals surface area contributed by atoms with Crippen molar-refractivity contribution in [3.05, 3.63) is 23.0 Å². The highest BCUT2D eigenvalue weighted by molar-refractivity contribution is 7.91. The van der Waals surface area contributed by atoms with Gasteiger partial charge < -0.3 is 20.1 Å². The van der Waals surface area contributed by atoms with Crippen LogP contribution in [0.3, 0.4) is 0 Å². The van der Waals surface area contributed by atoms with Gasteiger partial charge in [-0.2, -0.15) is 18.3 Å².